The molecule has 336 valence electrons. The lowest BCUT2D eigenvalue weighted by Gasteiger charge is -2.61. The second kappa shape index (κ2) is 16.4. The van der Waals surface area contributed by atoms with Gasteiger partial charge in [-0.15, -0.1) is 0 Å². The zero-order chi connectivity index (χ0) is 45.1. The number of rotatable bonds is 6. The van der Waals surface area contributed by atoms with Crippen molar-refractivity contribution in [2.75, 3.05) is 14.2 Å². The molecule has 14 atom stereocenters. The summed E-state index contributed by atoms with van der Waals surface area (Å²) in [5.74, 6) is -6.70. The molecule has 6 fully saturated rings. The topological polar surface area (TPSA) is 218 Å². The third-order valence-electron chi connectivity index (χ3n) is 15.6. The molecule has 6 aliphatic rings. The second-order valence-corrected chi connectivity index (χ2v) is 19.1. The van der Waals surface area contributed by atoms with Crippen molar-refractivity contribution in [3.05, 3.63) is 48.3 Å². The normalized spacial score (nSPS) is 39.7. The fraction of sp³-hybridized carbons (Fsp3) is 0.652. The first kappa shape index (κ1) is 44.8. The molecule has 0 bridgehead atoms. The van der Waals surface area contributed by atoms with E-state index in [-0.39, 0.29) is 36.3 Å². The number of methoxy groups -OCH3 is 2. The first-order chi connectivity index (χ1) is 29.2. The van der Waals surface area contributed by atoms with E-state index in [9.17, 15) is 38.4 Å². The molecule has 0 N–H and O–H groups in total. The summed E-state index contributed by atoms with van der Waals surface area (Å²) in [7, 11) is 2.64. The molecule has 0 amide bonds. The number of fused-ring (bicyclic) bond motifs is 6. The molecule has 2 aromatic heterocycles. The van der Waals surface area contributed by atoms with Gasteiger partial charge in [0.15, 0.2) is 23.8 Å². The number of carbonyl (C=O) groups excluding carboxylic acids is 8. The molecule has 2 saturated heterocycles. The van der Waals surface area contributed by atoms with E-state index in [0.717, 1.165) is 11.1 Å². The van der Waals surface area contributed by atoms with Crippen molar-refractivity contribution in [1.82, 2.24) is 0 Å². The molecule has 62 heavy (non-hydrogen) atoms. The van der Waals surface area contributed by atoms with Crippen LogP contribution in [0.2, 0.25) is 0 Å². The number of cyclic esters (lactones) is 2. The van der Waals surface area contributed by atoms with Gasteiger partial charge < -0.3 is 37.3 Å². The second-order valence-electron chi connectivity index (χ2n) is 19.1. The molecule has 0 unspecified atom stereocenters. The molecule has 8 rings (SSSR count). The molecular weight excluding hydrogens is 808 g/mol. The van der Waals surface area contributed by atoms with Gasteiger partial charge in [-0.25, -0.2) is 0 Å². The van der Waals surface area contributed by atoms with Crippen LogP contribution in [0.3, 0.4) is 0 Å². The molecule has 2 aliphatic heterocycles. The quantitative estimate of drug-likeness (QED) is 0.240. The highest BCUT2D eigenvalue weighted by Gasteiger charge is 2.69. The Bertz CT molecular complexity index is 1960. The Morgan fingerprint density at radius 3 is 1.27 bits per heavy atom. The van der Waals surface area contributed by atoms with Crippen LogP contribution in [0.5, 0.6) is 0 Å². The molecule has 4 aliphatic carbocycles. The van der Waals surface area contributed by atoms with Crippen molar-refractivity contribution in [3.8, 4) is 0 Å². The SMILES string of the molecule is COC(=O)[C@@H]1C[C@H](OC(C)=O)C(=O)[C@H]2[C@@]1(C)CC[C@H]1C(=O)O[C@H](c3ccoc3)C[C@]21C.COC(=O)[C@@H]1C[C@H](OC(C)=O)C(=O)[C@H]2[C@@]1(C)CC[C@H]1C(=O)O[C@H](c3ccoc3)C[C@]21C. The summed E-state index contributed by atoms with van der Waals surface area (Å²) in [5.41, 5.74) is -1.53. The number of carbonyl (C=O) groups is 8. The molecule has 16 nitrogen and oxygen atoms in total. The number of furan rings is 2. The predicted octanol–water partition coefficient (Wildman–Crippen LogP) is 6.00. The van der Waals surface area contributed by atoms with Crippen LogP contribution in [0.4, 0.5) is 0 Å². The Labute approximate surface area is 359 Å². The molecule has 4 saturated carbocycles. The van der Waals surface area contributed by atoms with Gasteiger partial charge in [0.2, 0.25) is 0 Å². The van der Waals surface area contributed by atoms with E-state index in [1.54, 1.807) is 12.1 Å². The highest BCUT2D eigenvalue weighted by atomic mass is 16.6. The monoisotopic (exact) mass is 864 g/mol. The van der Waals surface area contributed by atoms with Gasteiger partial charge in [-0.05, 0) is 72.3 Å². The van der Waals surface area contributed by atoms with Crippen LogP contribution in [0.15, 0.2) is 46.0 Å². The summed E-state index contributed by atoms with van der Waals surface area (Å²) in [4.78, 5) is 102. The summed E-state index contributed by atoms with van der Waals surface area (Å²) in [6.45, 7) is 10.2. The number of ether oxygens (including phenoxy) is 6. The Morgan fingerprint density at radius 1 is 0.597 bits per heavy atom. The van der Waals surface area contributed by atoms with Crippen LogP contribution in [-0.4, -0.2) is 73.8 Å². The Morgan fingerprint density at radius 2 is 0.968 bits per heavy atom. The summed E-state index contributed by atoms with van der Waals surface area (Å²) in [6.07, 6.45) is 5.95. The maximum absolute atomic E-state index is 13.7. The van der Waals surface area contributed by atoms with Gasteiger partial charge in [0.1, 0.15) is 12.2 Å². The van der Waals surface area contributed by atoms with Crippen molar-refractivity contribution < 1.29 is 75.6 Å². The summed E-state index contributed by atoms with van der Waals surface area (Å²) < 4.78 is 42.6. The number of Topliss-reactive ketones (excluding diaryl/α,β-unsaturated/α-hetero) is 2. The fourth-order valence-electron chi connectivity index (χ4n) is 12.9. The minimum Gasteiger partial charge on any atom is -0.472 e. The van der Waals surface area contributed by atoms with Crippen LogP contribution in [0.1, 0.15) is 116 Å². The van der Waals surface area contributed by atoms with Crippen LogP contribution < -0.4 is 0 Å². The number of esters is 6. The van der Waals surface area contributed by atoms with Gasteiger partial charge in [0.25, 0.3) is 0 Å². The van der Waals surface area contributed by atoms with Gasteiger partial charge >= 0.3 is 35.8 Å². The predicted molar refractivity (Wildman–Crippen MR) is 211 cm³/mol. The van der Waals surface area contributed by atoms with E-state index in [1.807, 2.05) is 27.7 Å². The molecule has 16 heteroatoms. The average Bonchev–Trinajstić information content (AvgIpc) is 3.95. The van der Waals surface area contributed by atoms with E-state index < -0.39 is 105 Å². The van der Waals surface area contributed by atoms with Crippen molar-refractivity contribution >= 4 is 47.4 Å². The van der Waals surface area contributed by atoms with E-state index in [2.05, 4.69) is 0 Å². The maximum Gasteiger partial charge on any atom is 0.310 e. The minimum absolute atomic E-state index is 0.0917. The van der Waals surface area contributed by atoms with Crippen molar-refractivity contribution in [3.63, 3.8) is 0 Å². The van der Waals surface area contributed by atoms with Crippen molar-refractivity contribution in [1.29, 1.82) is 0 Å². The average molecular weight is 865 g/mol. The summed E-state index contributed by atoms with van der Waals surface area (Å²) in [5, 5.41) is 0. The fourth-order valence-corrected chi connectivity index (χ4v) is 12.9. The lowest BCUT2D eigenvalue weighted by molar-refractivity contribution is -0.211. The van der Waals surface area contributed by atoms with Crippen molar-refractivity contribution in [2.24, 2.45) is 57.2 Å². The molecule has 4 heterocycles. The molecule has 0 spiro atoms. The first-order valence-electron chi connectivity index (χ1n) is 21.3. The number of hydrogen-bond acceptors (Lipinski definition) is 16. The lowest BCUT2D eigenvalue weighted by atomic mass is 9.43. The van der Waals surface area contributed by atoms with E-state index in [1.165, 1.54) is 53.1 Å². The molecular formula is C46H56O16. The Kier molecular flexibility index (Phi) is 11.9. The largest absolute Gasteiger partial charge is 0.472 e. The van der Waals surface area contributed by atoms with E-state index in [0.29, 0.717) is 38.5 Å². The van der Waals surface area contributed by atoms with Crippen molar-refractivity contribution in [2.45, 2.75) is 117 Å². The van der Waals surface area contributed by atoms with Gasteiger partial charge in [0.05, 0.1) is 62.9 Å². The first-order valence-corrected chi connectivity index (χ1v) is 21.3. The van der Waals surface area contributed by atoms with Gasteiger partial charge in [0, 0.05) is 49.7 Å². The zero-order valence-electron chi connectivity index (χ0n) is 36.4. The smallest absolute Gasteiger partial charge is 0.310 e. The van der Waals surface area contributed by atoms with Gasteiger partial charge in [-0.1, -0.05) is 27.7 Å². The number of ketones is 2. The highest BCUT2D eigenvalue weighted by molar-refractivity contribution is 5.94. The molecule has 2 aromatic rings. The molecule has 0 radical (unpaired) electrons. The molecule has 0 aromatic carbocycles. The minimum atomic E-state index is -1.04. The van der Waals surface area contributed by atoms with Gasteiger partial charge in [-0.2, -0.15) is 0 Å². The van der Waals surface area contributed by atoms with Crippen LogP contribution in [0.25, 0.3) is 0 Å². The highest BCUT2D eigenvalue weighted by Crippen LogP contribution is 2.67. The van der Waals surface area contributed by atoms with Crippen LogP contribution in [-0.2, 0) is 66.8 Å². The Balaban J connectivity index is 0.000000186. The van der Waals surface area contributed by atoms with Crippen LogP contribution in [0, 0.1) is 57.2 Å². The van der Waals surface area contributed by atoms with E-state index >= 15 is 0 Å². The Hall–Kier alpha value is -5.28. The maximum atomic E-state index is 13.7. The van der Waals surface area contributed by atoms with Gasteiger partial charge in [-0.3, -0.25) is 38.4 Å². The van der Waals surface area contributed by atoms with Crippen LogP contribution >= 0.6 is 0 Å². The zero-order valence-corrected chi connectivity index (χ0v) is 36.4. The standard InChI is InChI=1S/2C23H28O8/c2*1-12(24)30-16-9-15(20(26)28-4)22(2)7-5-14-21(27)31-17(13-6-8-29-11-13)10-23(14,3)19(22)18(16)25/h2*6,8,11,14-17,19H,5,7,9-10H2,1-4H3/t2*14-,15-,16-,17-,19-,22-,23-/m00/s1. The summed E-state index contributed by atoms with van der Waals surface area (Å²) >= 11 is 0. The third kappa shape index (κ3) is 7.34. The van der Waals surface area contributed by atoms with E-state index in [4.69, 9.17) is 37.3 Å². The lowest BCUT2D eigenvalue weighted by Crippen LogP contribution is -2.64. The number of hydrogen-bond donors (Lipinski definition) is 0. The third-order valence-corrected chi connectivity index (χ3v) is 15.6. The summed E-state index contributed by atoms with van der Waals surface area (Å²) in [6, 6.07) is 3.48.